The van der Waals surface area contributed by atoms with Gasteiger partial charge in [0, 0.05) is 42.6 Å². The van der Waals surface area contributed by atoms with Crippen LogP contribution in [0.4, 0.5) is 11.4 Å². The van der Waals surface area contributed by atoms with Crippen LogP contribution >= 0.6 is 11.6 Å². The molecule has 0 aliphatic carbocycles. The van der Waals surface area contributed by atoms with Gasteiger partial charge < -0.3 is 15.0 Å². The van der Waals surface area contributed by atoms with Crippen molar-refractivity contribution >= 4 is 38.9 Å². The molecule has 0 radical (unpaired) electrons. The van der Waals surface area contributed by atoms with Crippen molar-refractivity contribution in [3.05, 3.63) is 52.5 Å². The molecule has 0 aromatic heterocycles. The van der Waals surface area contributed by atoms with Gasteiger partial charge in [0.25, 0.3) is 5.91 Å². The molecule has 1 saturated heterocycles. The highest BCUT2D eigenvalue weighted by Gasteiger charge is 2.26. The number of sulfonamides is 1. The molecule has 1 amide bonds. The zero-order valence-electron chi connectivity index (χ0n) is 18.0. The summed E-state index contributed by atoms with van der Waals surface area (Å²) in [6.07, 6.45) is 0. The van der Waals surface area contributed by atoms with E-state index in [2.05, 4.69) is 5.32 Å². The molecule has 2 aromatic rings. The first kappa shape index (κ1) is 23.5. The van der Waals surface area contributed by atoms with Crippen LogP contribution in [0.3, 0.4) is 0 Å². The molecule has 1 aliphatic rings. The fourth-order valence-corrected chi connectivity index (χ4v) is 5.24. The third-order valence-electron chi connectivity index (χ3n) is 5.42. The summed E-state index contributed by atoms with van der Waals surface area (Å²) in [5.74, 6) is -0.386. The number of carbonyl (C=O) groups is 1. The Morgan fingerprint density at radius 1 is 1.16 bits per heavy atom. The highest BCUT2D eigenvalue weighted by molar-refractivity contribution is 7.89. The van der Waals surface area contributed by atoms with Crippen LogP contribution in [0.25, 0.3) is 0 Å². The second kappa shape index (κ2) is 9.99. The molecule has 0 unspecified atom stereocenters. The second-order valence-electron chi connectivity index (χ2n) is 7.23. The van der Waals surface area contributed by atoms with Crippen LogP contribution in [0.2, 0.25) is 5.02 Å². The normalized spacial score (nSPS) is 14.7. The standard InChI is InChI=1S/C22H28ClN3O4S/c1-4-26(5-2)31(28,29)17-9-10-21(25-11-13-30-14-12-25)18(15-17)22(27)24-20-8-6-7-19(23)16(20)3/h6-10,15H,4-5,11-14H2,1-3H3,(H,24,27). The van der Waals surface area contributed by atoms with E-state index in [4.69, 9.17) is 16.3 Å². The maximum Gasteiger partial charge on any atom is 0.257 e. The molecule has 1 fully saturated rings. The Morgan fingerprint density at radius 3 is 2.48 bits per heavy atom. The molecular formula is C22H28ClN3O4S. The predicted molar refractivity (Wildman–Crippen MR) is 124 cm³/mol. The minimum Gasteiger partial charge on any atom is -0.378 e. The molecular weight excluding hydrogens is 438 g/mol. The van der Waals surface area contributed by atoms with E-state index in [1.165, 1.54) is 10.4 Å². The molecule has 31 heavy (non-hydrogen) atoms. The van der Waals surface area contributed by atoms with Gasteiger partial charge in [-0.05, 0) is 42.8 Å². The van der Waals surface area contributed by atoms with Gasteiger partial charge in [-0.3, -0.25) is 4.79 Å². The number of anilines is 2. The molecule has 1 N–H and O–H groups in total. The van der Waals surface area contributed by atoms with Crippen molar-refractivity contribution in [3.63, 3.8) is 0 Å². The van der Waals surface area contributed by atoms with Crippen LogP contribution in [0.5, 0.6) is 0 Å². The van der Waals surface area contributed by atoms with Crippen molar-refractivity contribution in [2.24, 2.45) is 0 Å². The fraction of sp³-hybridized carbons (Fsp3) is 0.409. The predicted octanol–water partition coefficient (Wildman–Crippen LogP) is 3.77. The lowest BCUT2D eigenvalue weighted by atomic mass is 10.1. The summed E-state index contributed by atoms with van der Waals surface area (Å²) >= 11 is 6.19. The first-order valence-corrected chi connectivity index (χ1v) is 12.1. The van der Waals surface area contributed by atoms with Crippen molar-refractivity contribution in [1.29, 1.82) is 0 Å². The third-order valence-corrected chi connectivity index (χ3v) is 7.88. The summed E-state index contributed by atoms with van der Waals surface area (Å²) in [7, 11) is -3.70. The van der Waals surface area contributed by atoms with E-state index in [0.717, 1.165) is 5.56 Å². The number of halogens is 1. The fourth-order valence-electron chi connectivity index (χ4n) is 3.58. The van der Waals surface area contributed by atoms with Gasteiger partial charge in [0.05, 0.1) is 23.7 Å². The van der Waals surface area contributed by atoms with Gasteiger partial charge >= 0.3 is 0 Å². The Bertz CT molecular complexity index is 1050. The van der Waals surface area contributed by atoms with Crippen LogP contribution < -0.4 is 10.2 Å². The number of hydrogen-bond acceptors (Lipinski definition) is 5. The summed E-state index contributed by atoms with van der Waals surface area (Å²) in [5, 5.41) is 3.44. The summed E-state index contributed by atoms with van der Waals surface area (Å²) in [6.45, 7) is 8.46. The molecule has 2 aromatic carbocycles. The van der Waals surface area contributed by atoms with E-state index in [9.17, 15) is 13.2 Å². The van der Waals surface area contributed by atoms with Gasteiger partial charge in [0.15, 0.2) is 0 Å². The smallest absolute Gasteiger partial charge is 0.257 e. The maximum atomic E-state index is 13.3. The number of morpholine rings is 1. The quantitative estimate of drug-likeness (QED) is 0.673. The van der Waals surface area contributed by atoms with Gasteiger partial charge in [0.2, 0.25) is 10.0 Å². The average Bonchev–Trinajstić information content (AvgIpc) is 2.77. The second-order valence-corrected chi connectivity index (χ2v) is 9.58. The van der Waals surface area contributed by atoms with Gasteiger partial charge in [-0.1, -0.05) is 31.5 Å². The Kier molecular flexibility index (Phi) is 7.59. The zero-order valence-corrected chi connectivity index (χ0v) is 19.6. The number of nitrogens with one attached hydrogen (secondary N) is 1. The van der Waals surface area contributed by atoms with Crippen molar-refractivity contribution in [3.8, 4) is 0 Å². The molecule has 0 spiro atoms. The number of carbonyl (C=O) groups excluding carboxylic acids is 1. The van der Waals surface area contributed by atoms with Crippen molar-refractivity contribution < 1.29 is 17.9 Å². The summed E-state index contributed by atoms with van der Waals surface area (Å²) < 4.78 is 32.9. The van der Waals surface area contributed by atoms with Gasteiger partial charge in [-0.15, -0.1) is 0 Å². The third kappa shape index (κ3) is 5.03. The Hall–Kier alpha value is -2.13. The van der Waals surface area contributed by atoms with E-state index in [1.54, 1.807) is 44.2 Å². The zero-order chi connectivity index (χ0) is 22.6. The van der Waals surface area contributed by atoms with E-state index >= 15 is 0 Å². The molecule has 9 heteroatoms. The van der Waals surface area contributed by atoms with Gasteiger partial charge in [-0.25, -0.2) is 8.42 Å². The minimum absolute atomic E-state index is 0.0983. The van der Waals surface area contributed by atoms with Gasteiger partial charge in [0.1, 0.15) is 0 Å². The van der Waals surface area contributed by atoms with Crippen LogP contribution in [0.1, 0.15) is 29.8 Å². The van der Waals surface area contributed by atoms with Crippen LogP contribution in [0, 0.1) is 6.92 Å². The van der Waals surface area contributed by atoms with E-state index in [0.29, 0.717) is 61.4 Å². The van der Waals surface area contributed by atoms with Crippen molar-refractivity contribution in [2.45, 2.75) is 25.7 Å². The summed E-state index contributed by atoms with van der Waals surface area (Å²) in [5.41, 5.74) is 2.31. The molecule has 168 valence electrons. The monoisotopic (exact) mass is 465 g/mol. The highest BCUT2D eigenvalue weighted by atomic mass is 35.5. The molecule has 0 atom stereocenters. The summed E-state index contributed by atoms with van der Waals surface area (Å²) in [4.78, 5) is 15.4. The number of hydrogen-bond donors (Lipinski definition) is 1. The Morgan fingerprint density at radius 2 is 1.84 bits per heavy atom. The van der Waals surface area contributed by atoms with Crippen LogP contribution in [0.15, 0.2) is 41.3 Å². The van der Waals surface area contributed by atoms with Crippen LogP contribution in [-0.2, 0) is 14.8 Å². The topological polar surface area (TPSA) is 79.0 Å². The van der Waals surface area contributed by atoms with Crippen molar-refractivity contribution in [2.75, 3.05) is 49.6 Å². The molecule has 0 saturated carbocycles. The first-order chi connectivity index (χ1) is 14.8. The highest BCUT2D eigenvalue weighted by Crippen LogP contribution is 2.29. The van der Waals surface area contributed by atoms with E-state index < -0.39 is 10.0 Å². The molecule has 1 heterocycles. The van der Waals surface area contributed by atoms with E-state index in [1.807, 2.05) is 11.8 Å². The summed E-state index contributed by atoms with van der Waals surface area (Å²) in [6, 6.07) is 10.0. The number of nitrogens with zero attached hydrogens (tertiary/aromatic N) is 2. The first-order valence-electron chi connectivity index (χ1n) is 10.3. The largest absolute Gasteiger partial charge is 0.378 e. The van der Waals surface area contributed by atoms with Crippen LogP contribution in [-0.4, -0.2) is 58.0 Å². The Labute approximate surface area is 189 Å². The lowest BCUT2D eigenvalue weighted by molar-refractivity contribution is 0.102. The maximum absolute atomic E-state index is 13.3. The lowest BCUT2D eigenvalue weighted by Crippen LogP contribution is -2.37. The van der Waals surface area contributed by atoms with Gasteiger partial charge in [-0.2, -0.15) is 4.31 Å². The average molecular weight is 466 g/mol. The SMILES string of the molecule is CCN(CC)S(=O)(=O)c1ccc(N2CCOCC2)c(C(=O)Nc2cccc(Cl)c2C)c1. The molecule has 7 nitrogen and oxygen atoms in total. The molecule has 0 bridgehead atoms. The lowest BCUT2D eigenvalue weighted by Gasteiger charge is -2.31. The van der Waals surface area contributed by atoms with Crippen molar-refractivity contribution in [1.82, 2.24) is 4.31 Å². The van der Waals surface area contributed by atoms with E-state index in [-0.39, 0.29) is 10.8 Å². The Balaban J connectivity index is 2.05. The minimum atomic E-state index is -3.70. The number of rotatable bonds is 7. The molecule has 3 rings (SSSR count). The molecule has 1 aliphatic heterocycles. The number of benzene rings is 2. The number of ether oxygens (including phenoxy) is 1. The number of amides is 1.